The lowest BCUT2D eigenvalue weighted by Gasteiger charge is -2.34. The SMILES string of the molecule is CCn1nc(C(=O)NCC2(O)CCC(C)CC2)c(Cl)c1-c1ccc(C(C)(O)C(F)(F)F)cc1OC(F)F. The second-order valence-electron chi connectivity index (χ2n) is 9.58. The van der Waals surface area contributed by atoms with E-state index >= 15 is 0 Å². The van der Waals surface area contributed by atoms with Gasteiger partial charge in [0.15, 0.2) is 11.3 Å². The molecule has 206 valence electrons. The number of aryl methyl sites for hydroxylation is 1. The Kier molecular flexibility index (Phi) is 8.45. The summed E-state index contributed by atoms with van der Waals surface area (Å²) >= 11 is 6.44. The van der Waals surface area contributed by atoms with Gasteiger partial charge in [-0.3, -0.25) is 9.48 Å². The molecule has 1 aliphatic rings. The van der Waals surface area contributed by atoms with Crippen molar-refractivity contribution in [3.8, 4) is 17.0 Å². The number of halogens is 6. The molecule has 3 rings (SSSR count). The largest absolute Gasteiger partial charge is 0.434 e. The summed E-state index contributed by atoms with van der Waals surface area (Å²) in [5.74, 6) is -0.923. The van der Waals surface area contributed by atoms with Crippen LogP contribution in [0.25, 0.3) is 11.3 Å². The third-order valence-electron chi connectivity index (χ3n) is 6.76. The van der Waals surface area contributed by atoms with Gasteiger partial charge in [-0.15, -0.1) is 0 Å². The Bertz CT molecular complexity index is 1130. The number of carbonyl (C=O) groups excluding carboxylic acids is 1. The molecule has 0 radical (unpaired) electrons. The Morgan fingerprint density at radius 2 is 1.95 bits per heavy atom. The number of nitrogens with zero attached hydrogens (tertiary/aromatic N) is 2. The summed E-state index contributed by atoms with van der Waals surface area (Å²) in [5, 5.41) is 27.3. The molecule has 0 saturated heterocycles. The molecule has 0 bridgehead atoms. The standard InChI is InChI=1S/C24H29ClF5N3O4/c1-4-33-19(15-6-5-14(11-16(15)37-21(26)27)22(3,35)24(28,29)30)17(25)18(32-33)20(34)31-12-23(36)9-7-13(2)8-10-23/h5-6,11,13,21,35-36H,4,7-10,12H2,1-3H3,(H,31,34). The molecular weight excluding hydrogens is 525 g/mol. The summed E-state index contributed by atoms with van der Waals surface area (Å²) < 4.78 is 72.1. The number of aliphatic hydroxyl groups is 2. The molecule has 3 N–H and O–H groups in total. The number of ether oxygens (including phenoxy) is 1. The van der Waals surface area contributed by atoms with E-state index in [0.29, 0.717) is 31.7 Å². The zero-order chi connectivity index (χ0) is 27.8. The van der Waals surface area contributed by atoms with Crippen molar-refractivity contribution in [1.82, 2.24) is 15.1 Å². The number of rotatable bonds is 8. The van der Waals surface area contributed by atoms with E-state index in [4.69, 9.17) is 11.6 Å². The summed E-state index contributed by atoms with van der Waals surface area (Å²) in [6.07, 6.45) is -2.44. The van der Waals surface area contributed by atoms with E-state index in [-0.39, 0.29) is 35.1 Å². The number of alkyl halides is 5. The van der Waals surface area contributed by atoms with E-state index in [2.05, 4.69) is 22.1 Å². The van der Waals surface area contributed by atoms with Gasteiger partial charge in [0, 0.05) is 18.7 Å². The number of hydrogen-bond donors (Lipinski definition) is 3. The second kappa shape index (κ2) is 10.7. The summed E-state index contributed by atoms with van der Waals surface area (Å²) in [4.78, 5) is 12.9. The molecule has 1 aromatic carbocycles. The second-order valence-corrected chi connectivity index (χ2v) is 9.95. The summed E-state index contributed by atoms with van der Waals surface area (Å²) in [6.45, 7) is 0.894. The number of benzene rings is 1. The van der Waals surface area contributed by atoms with E-state index in [1.165, 1.54) is 4.68 Å². The Morgan fingerprint density at radius 3 is 2.49 bits per heavy atom. The highest BCUT2D eigenvalue weighted by molar-refractivity contribution is 6.36. The predicted octanol–water partition coefficient (Wildman–Crippen LogP) is 5.27. The number of amides is 1. The first-order valence-corrected chi connectivity index (χ1v) is 12.1. The lowest BCUT2D eigenvalue weighted by Crippen LogP contribution is -2.45. The summed E-state index contributed by atoms with van der Waals surface area (Å²) in [7, 11) is 0. The molecule has 37 heavy (non-hydrogen) atoms. The van der Waals surface area contributed by atoms with Crippen molar-refractivity contribution in [3.05, 3.63) is 34.5 Å². The van der Waals surface area contributed by atoms with Crippen molar-refractivity contribution in [1.29, 1.82) is 0 Å². The number of carbonyl (C=O) groups is 1. The molecule has 1 fully saturated rings. The van der Waals surface area contributed by atoms with E-state index in [1.807, 2.05) is 0 Å². The van der Waals surface area contributed by atoms with E-state index < -0.39 is 41.2 Å². The average molecular weight is 554 g/mol. The smallest absolute Gasteiger partial charge is 0.421 e. The predicted molar refractivity (Wildman–Crippen MR) is 126 cm³/mol. The van der Waals surface area contributed by atoms with Gasteiger partial charge >= 0.3 is 12.8 Å². The van der Waals surface area contributed by atoms with Crippen LogP contribution in [0.3, 0.4) is 0 Å². The maximum atomic E-state index is 13.3. The maximum absolute atomic E-state index is 13.3. The minimum Gasteiger partial charge on any atom is -0.434 e. The highest BCUT2D eigenvalue weighted by Gasteiger charge is 2.51. The van der Waals surface area contributed by atoms with Gasteiger partial charge in [-0.1, -0.05) is 24.6 Å². The molecule has 1 unspecified atom stereocenters. The van der Waals surface area contributed by atoms with Crippen molar-refractivity contribution in [2.45, 2.75) is 77.0 Å². The average Bonchev–Trinajstić information content (AvgIpc) is 3.14. The Labute approximate surface area is 215 Å². The lowest BCUT2D eigenvalue weighted by atomic mass is 9.79. The van der Waals surface area contributed by atoms with Gasteiger partial charge in [0.05, 0.1) is 16.3 Å². The number of aromatic nitrogens is 2. The monoisotopic (exact) mass is 553 g/mol. The highest BCUT2D eigenvalue weighted by Crippen LogP contribution is 2.43. The van der Waals surface area contributed by atoms with Gasteiger partial charge in [-0.25, -0.2) is 0 Å². The Balaban J connectivity index is 1.98. The first-order valence-electron chi connectivity index (χ1n) is 11.8. The molecule has 2 aromatic rings. The molecule has 1 saturated carbocycles. The van der Waals surface area contributed by atoms with Gasteiger partial charge in [-0.2, -0.15) is 27.1 Å². The molecule has 1 heterocycles. The molecule has 1 atom stereocenters. The number of nitrogens with one attached hydrogen (secondary N) is 1. The first-order chi connectivity index (χ1) is 17.1. The van der Waals surface area contributed by atoms with Gasteiger partial charge in [0.1, 0.15) is 5.75 Å². The van der Waals surface area contributed by atoms with Crippen LogP contribution in [0.2, 0.25) is 5.02 Å². The van der Waals surface area contributed by atoms with Crippen LogP contribution in [0.1, 0.15) is 62.5 Å². The third-order valence-corrected chi connectivity index (χ3v) is 7.12. The first kappa shape index (κ1) is 29.1. The highest BCUT2D eigenvalue weighted by atomic mass is 35.5. The Morgan fingerprint density at radius 1 is 1.32 bits per heavy atom. The van der Waals surface area contributed by atoms with Crippen LogP contribution in [0.5, 0.6) is 5.75 Å². The minimum atomic E-state index is -5.09. The van der Waals surface area contributed by atoms with Crippen LogP contribution in [0, 0.1) is 5.92 Å². The van der Waals surface area contributed by atoms with Crippen molar-refractivity contribution >= 4 is 17.5 Å². The molecule has 1 aliphatic carbocycles. The van der Waals surface area contributed by atoms with Crippen LogP contribution in [-0.2, 0) is 12.1 Å². The van der Waals surface area contributed by atoms with Gasteiger partial charge in [-0.05, 0) is 63.1 Å². The van der Waals surface area contributed by atoms with Gasteiger partial charge in [0.2, 0.25) is 0 Å². The van der Waals surface area contributed by atoms with Crippen LogP contribution in [0.15, 0.2) is 18.2 Å². The fraction of sp³-hybridized carbons (Fsp3) is 0.583. The summed E-state index contributed by atoms with van der Waals surface area (Å²) in [6, 6.07) is 2.59. The Hall–Kier alpha value is -2.44. The van der Waals surface area contributed by atoms with Crippen LogP contribution in [0.4, 0.5) is 22.0 Å². The van der Waals surface area contributed by atoms with Gasteiger partial charge in [0.25, 0.3) is 5.91 Å². The molecular formula is C24H29ClF5N3O4. The molecule has 1 amide bonds. The van der Waals surface area contributed by atoms with E-state index in [1.54, 1.807) is 6.92 Å². The molecule has 1 aromatic heterocycles. The van der Waals surface area contributed by atoms with Crippen molar-refractivity contribution in [3.63, 3.8) is 0 Å². The minimum absolute atomic E-state index is 0.0339. The number of hydrogen-bond acceptors (Lipinski definition) is 5. The topological polar surface area (TPSA) is 96.6 Å². The summed E-state index contributed by atoms with van der Waals surface area (Å²) in [5.41, 5.74) is -5.59. The molecule has 13 heteroatoms. The quantitative estimate of drug-likeness (QED) is 0.387. The fourth-order valence-electron chi connectivity index (χ4n) is 4.25. The van der Waals surface area contributed by atoms with Crippen molar-refractivity contribution < 1.29 is 41.7 Å². The zero-order valence-corrected chi connectivity index (χ0v) is 21.3. The normalized spacial score (nSPS) is 22.1. The molecule has 0 spiro atoms. The molecule has 7 nitrogen and oxygen atoms in total. The third kappa shape index (κ3) is 6.18. The zero-order valence-electron chi connectivity index (χ0n) is 20.5. The maximum Gasteiger partial charge on any atom is 0.421 e. The molecule has 0 aliphatic heterocycles. The van der Waals surface area contributed by atoms with E-state index in [0.717, 1.165) is 25.0 Å². The van der Waals surface area contributed by atoms with Crippen LogP contribution in [-0.4, -0.2) is 50.8 Å². The van der Waals surface area contributed by atoms with Crippen LogP contribution < -0.4 is 10.1 Å². The lowest BCUT2D eigenvalue weighted by molar-refractivity contribution is -0.258. The van der Waals surface area contributed by atoms with Crippen molar-refractivity contribution in [2.24, 2.45) is 5.92 Å². The van der Waals surface area contributed by atoms with Crippen LogP contribution >= 0.6 is 11.6 Å². The fourth-order valence-corrected chi connectivity index (χ4v) is 4.58. The van der Waals surface area contributed by atoms with Crippen molar-refractivity contribution in [2.75, 3.05) is 6.54 Å². The van der Waals surface area contributed by atoms with Gasteiger partial charge < -0.3 is 20.3 Å². The van der Waals surface area contributed by atoms with E-state index in [9.17, 15) is 37.0 Å².